The first kappa shape index (κ1) is 11.2. The number of carbonyl (C=O) groups excluding carboxylic acids is 1. The molecule has 0 aliphatic rings. The van der Waals surface area contributed by atoms with Crippen molar-refractivity contribution < 1.29 is 9.53 Å². The maximum atomic E-state index is 10.7. The van der Waals surface area contributed by atoms with Crippen LogP contribution in [0.1, 0.15) is 0 Å². The Hall–Kier alpha value is -1.25. The third kappa shape index (κ3) is 2.46. The lowest BCUT2D eigenvalue weighted by molar-refractivity contribution is -0.114. The first-order valence-corrected chi connectivity index (χ1v) is 5.47. The van der Waals surface area contributed by atoms with Crippen LogP contribution in [0.5, 0.6) is 5.75 Å². The zero-order valence-electron chi connectivity index (χ0n) is 8.19. The fraction of sp³-hybridized carbons (Fsp3) is 0.0833. The van der Waals surface area contributed by atoms with Crippen molar-refractivity contribution in [1.82, 2.24) is 0 Å². The molecule has 0 aliphatic heterocycles. The molecule has 0 N–H and O–H groups in total. The molecule has 1 unspecified atom stereocenters. The minimum atomic E-state index is -1.15. The van der Waals surface area contributed by atoms with E-state index in [2.05, 4.69) is 0 Å². The standard InChI is InChI=1S/C12H8Cl2O2/c13-11(15)12(14)16-10-6-5-8-3-1-2-4-9(8)7-10/h1-7,12H. The van der Waals surface area contributed by atoms with Crippen LogP contribution in [0, 0.1) is 0 Å². The van der Waals surface area contributed by atoms with Gasteiger partial charge in [-0.05, 0) is 34.5 Å². The van der Waals surface area contributed by atoms with E-state index in [0.29, 0.717) is 5.75 Å². The van der Waals surface area contributed by atoms with Gasteiger partial charge in [0.15, 0.2) is 0 Å². The zero-order valence-corrected chi connectivity index (χ0v) is 9.70. The quantitative estimate of drug-likeness (QED) is 0.619. The van der Waals surface area contributed by atoms with Crippen molar-refractivity contribution in [3.05, 3.63) is 42.5 Å². The second kappa shape index (κ2) is 4.73. The Morgan fingerprint density at radius 3 is 2.50 bits per heavy atom. The number of hydrogen-bond acceptors (Lipinski definition) is 2. The Morgan fingerprint density at radius 1 is 1.12 bits per heavy atom. The minimum Gasteiger partial charge on any atom is -0.466 e. The average molecular weight is 255 g/mol. The summed E-state index contributed by atoms with van der Waals surface area (Å²) in [5.41, 5.74) is -1.15. The van der Waals surface area contributed by atoms with Crippen molar-refractivity contribution in [2.75, 3.05) is 0 Å². The number of rotatable bonds is 3. The monoisotopic (exact) mass is 254 g/mol. The number of hydrogen-bond donors (Lipinski definition) is 0. The van der Waals surface area contributed by atoms with Crippen molar-refractivity contribution in [1.29, 1.82) is 0 Å². The minimum absolute atomic E-state index is 0.521. The third-order valence-corrected chi connectivity index (χ3v) is 2.74. The second-order valence-corrected chi connectivity index (χ2v) is 4.02. The summed E-state index contributed by atoms with van der Waals surface area (Å²) in [5, 5.41) is 1.39. The SMILES string of the molecule is O=C(Cl)C(Cl)Oc1ccc2ccccc2c1. The lowest BCUT2D eigenvalue weighted by Gasteiger charge is -2.09. The van der Waals surface area contributed by atoms with Gasteiger partial charge in [0, 0.05) is 0 Å². The molecule has 0 aliphatic carbocycles. The van der Waals surface area contributed by atoms with E-state index in [1.54, 1.807) is 6.07 Å². The van der Waals surface area contributed by atoms with E-state index in [9.17, 15) is 4.79 Å². The van der Waals surface area contributed by atoms with Crippen LogP contribution in [0.2, 0.25) is 0 Å². The predicted octanol–water partition coefficient (Wildman–Crippen LogP) is 3.55. The van der Waals surface area contributed by atoms with Gasteiger partial charge < -0.3 is 4.74 Å². The highest BCUT2D eigenvalue weighted by molar-refractivity contribution is 6.68. The van der Waals surface area contributed by atoms with Crippen LogP contribution in [0.4, 0.5) is 0 Å². The predicted molar refractivity (Wildman–Crippen MR) is 65.1 cm³/mol. The smallest absolute Gasteiger partial charge is 0.278 e. The molecule has 2 aromatic rings. The summed E-state index contributed by atoms with van der Waals surface area (Å²) in [5.74, 6) is 0.521. The van der Waals surface area contributed by atoms with E-state index >= 15 is 0 Å². The molecule has 0 bridgehead atoms. The van der Waals surface area contributed by atoms with E-state index < -0.39 is 10.8 Å². The van der Waals surface area contributed by atoms with E-state index in [4.69, 9.17) is 27.9 Å². The summed E-state index contributed by atoms with van der Waals surface area (Å²) in [6, 6.07) is 13.3. The van der Waals surface area contributed by atoms with Crippen molar-refractivity contribution in [3.8, 4) is 5.75 Å². The number of fused-ring (bicyclic) bond motifs is 1. The maximum Gasteiger partial charge on any atom is 0.278 e. The normalized spacial score (nSPS) is 12.4. The highest BCUT2D eigenvalue weighted by Gasteiger charge is 2.13. The summed E-state index contributed by atoms with van der Waals surface area (Å²) in [4.78, 5) is 10.7. The number of alkyl halides is 1. The van der Waals surface area contributed by atoms with E-state index in [1.165, 1.54) is 0 Å². The third-order valence-electron chi connectivity index (χ3n) is 2.14. The lowest BCUT2D eigenvalue weighted by atomic mass is 10.1. The molecule has 0 radical (unpaired) electrons. The molecule has 0 saturated heterocycles. The van der Waals surface area contributed by atoms with Gasteiger partial charge in [-0.15, -0.1) is 0 Å². The second-order valence-electron chi connectivity index (χ2n) is 3.25. The van der Waals surface area contributed by atoms with Crippen LogP contribution in [0.3, 0.4) is 0 Å². The molecular weight excluding hydrogens is 247 g/mol. The molecule has 2 nitrogen and oxygen atoms in total. The van der Waals surface area contributed by atoms with E-state index in [0.717, 1.165) is 10.8 Å². The van der Waals surface area contributed by atoms with Crippen LogP contribution in [-0.4, -0.2) is 10.8 Å². The molecule has 0 saturated carbocycles. The van der Waals surface area contributed by atoms with Gasteiger partial charge in [-0.3, -0.25) is 4.79 Å². The van der Waals surface area contributed by atoms with E-state index in [-0.39, 0.29) is 0 Å². The van der Waals surface area contributed by atoms with Gasteiger partial charge in [-0.1, -0.05) is 41.9 Å². The summed E-state index contributed by atoms with van der Waals surface area (Å²) in [6.07, 6.45) is 0. The molecule has 1 atom stereocenters. The van der Waals surface area contributed by atoms with Gasteiger partial charge in [-0.2, -0.15) is 0 Å². The van der Waals surface area contributed by atoms with Gasteiger partial charge >= 0.3 is 0 Å². The van der Waals surface area contributed by atoms with Gasteiger partial charge in [0.2, 0.25) is 5.56 Å². The molecule has 82 valence electrons. The van der Waals surface area contributed by atoms with Gasteiger partial charge in [0.1, 0.15) is 5.75 Å². The van der Waals surface area contributed by atoms with Crippen LogP contribution in [0.25, 0.3) is 10.8 Å². The fourth-order valence-electron chi connectivity index (χ4n) is 1.41. The van der Waals surface area contributed by atoms with Gasteiger partial charge in [0.25, 0.3) is 5.24 Å². The van der Waals surface area contributed by atoms with Crippen molar-refractivity contribution in [2.24, 2.45) is 0 Å². The Balaban J connectivity index is 2.29. The van der Waals surface area contributed by atoms with Crippen molar-refractivity contribution >= 4 is 39.2 Å². The zero-order chi connectivity index (χ0) is 11.5. The number of ether oxygens (including phenoxy) is 1. The average Bonchev–Trinajstić information content (AvgIpc) is 2.28. The molecule has 2 rings (SSSR count). The van der Waals surface area contributed by atoms with Gasteiger partial charge in [0.05, 0.1) is 0 Å². The summed E-state index contributed by atoms with van der Waals surface area (Å²) in [6.45, 7) is 0. The Bertz CT molecular complexity index is 525. The summed E-state index contributed by atoms with van der Waals surface area (Å²) in [7, 11) is 0. The summed E-state index contributed by atoms with van der Waals surface area (Å²) >= 11 is 10.8. The molecule has 0 spiro atoms. The molecular formula is C12H8Cl2O2. The van der Waals surface area contributed by atoms with Crippen molar-refractivity contribution in [3.63, 3.8) is 0 Å². The number of halogens is 2. The largest absolute Gasteiger partial charge is 0.466 e. The van der Waals surface area contributed by atoms with Gasteiger partial charge in [-0.25, -0.2) is 0 Å². The highest BCUT2D eigenvalue weighted by atomic mass is 35.5. The molecule has 4 heteroatoms. The molecule has 2 aromatic carbocycles. The molecule has 0 amide bonds. The molecule has 0 aromatic heterocycles. The maximum absolute atomic E-state index is 10.7. The van der Waals surface area contributed by atoms with Crippen LogP contribution < -0.4 is 4.74 Å². The lowest BCUT2D eigenvalue weighted by Crippen LogP contribution is -2.15. The number of benzene rings is 2. The highest BCUT2D eigenvalue weighted by Crippen LogP contribution is 2.22. The van der Waals surface area contributed by atoms with Crippen molar-refractivity contribution in [2.45, 2.75) is 5.56 Å². The Labute approximate surface area is 103 Å². The fourth-order valence-corrected chi connectivity index (χ4v) is 1.55. The first-order chi connectivity index (χ1) is 7.66. The molecule has 0 heterocycles. The Morgan fingerprint density at radius 2 is 1.81 bits per heavy atom. The summed E-state index contributed by atoms with van der Waals surface area (Å²) < 4.78 is 5.17. The van der Waals surface area contributed by atoms with Crippen LogP contribution >= 0.6 is 23.2 Å². The topological polar surface area (TPSA) is 26.3 Å². The molecule has 0 fully saturated rings. The van der Waals surface area contributed by atoms with Crippen LogP contribution in [-0.2, 0) is 4.79 Å². The molecule has 16 heavy (non-hydrogen) atoms. The van der Waals surface area contributed by atoms with Crippen LogP contribution in [0.15, 0.2) is 42.5 Å². The van der Waals surface area contributed by atoms with E-state index in [1.807, 2.05) is 36.4 Å². The Kier molecular flexibility index (Phi) is 3.32. The number of carbonyl (C=O) groups is 1. The first-order valence-electron chi connectivity index (χ1n) is 4.66.